The van der Waals surface area contributed by atoms with E-state index < -0.39 is 11.6 Å². The lowest BCUT2D eigenvalue weighted by molar-refractivity contribution is 0.406. The second-order valence-corrected chi connectivity index (χ2v) is 9.26. The first-order valence-electron chi connectivity index (χ1n) is 11.6. The van der Waals surface area contributed by atoms with E-state index in [0.717, 1.165) is 0 Å². The standard InChI is InChI=1S/C28H23F2N5O/c1-5-19-22(29)7-6-17-8-18(36)9-20(25(17)19)27-26(30)24-16(4)23(10-31)34-28(21(24)11-32-27)35-12-14(2)33-15(3)13-35/h1,6-9,11,14-15,33,36H,12-13H2,2-4H3. The number of terminal acetylenes is 1. The van der Waals surface area contributed by atoms with Crippen LogP contribution in [-0.2, 0) is 0 Å². The van der Waals surface area contributed by atoms with Crippen LogP contribution in [0.3, 0.4) is 0 Å². The zero-order valence-corrected chi connectivity index (χ0v) is 20.0. The van der Waals surface area contributed by atoms with Gasteiger partial charge < -0.3 is 15.3 Å². The highest BCUT2D eigenvalue weighted by molar-refractivity contribution is 6.04. The first-order chi connectivity index (χ1) is 17.2. The van der Waals surface area contributed by atoms with Gasteiger partial charge in [0, 0.05) is 53.1 Å². The van der Waals surface area contributed by atoms with Crippen LogP contribution in [0, 0.1) is 42.2 Å². The fourth-order valence-electron chi connectivity index (χ4n) is 5.18. The van der Waals surface area contributed by atoms with Crippen LogP contribution in [0.5, 0.6) is 5.75 Å². The number of pyridine rings is 2. The van der Waals surface area contributed by atoms with Crippen molar-refractivity contribution in [3.05, 3.63) is 58.9 Å². The van der Waals surface area contributed by atoms with Gasteiger partial charge in [0.1, 0.15) is 34.8 Å². The highest BCUT2D eigenvalue weighted by Crippen LogP contribution is 2.40. The molecule has 3 heterocycles. The first kappa shape index (κ1) is 23.5. The van der Waals surface area contributed by atoms with Crippen LogP contribution in [0.2, 0.25) is 0 Å². The number of rotatable bonds is 2. The Labute approximate surface area is 207 Å². The van der Waals surface area contributed by atoms with Crippen molar-refractivity contribution < 1.29 is 13.9 Å². The SMILES string of the molecule is C#Cc1c(F)ccc2cc(O)cc(-c3ncc4c(N5CC(C)NC(C)C5)nc(C#N)c(C)c4c3F)c12. The predicted molar refractivity (Wildman–Crippen MR) is 136 cm³/mol. The fourth-order valence-corrected chi connectivity index (χ4v) is 5.18. The Balaban J connectivity index is 1.84. The summed E-state index contributed by atoms with van der Waals surface area (Å²) in [6.45, 7) is 7.00. The summed E-state index contributed by atoms with van der Waals surface area (Å²) in [5.74, 6) is 1.37. The van der Waals surface area contributed by atoms with Crippen molar-refractivity contribution in [3.63, 3.8) is 0 Å². The summed E-state index contributed by atoms with van der Waals surface area (Å²) in [6, 6.07) is 7.87. The number of hydrogen-bond donors (Lipinski definition) is 2. The van der Waals surface area contributed by atoms with Crippen LogP contribution in [0.25, 0.3) is 32.8 Å². The number of piperazine rings is 1. The molecule has 0 amide bonds. The van der Waals surface area contributed by atoms with Crippen molar-refractivity contribution >= 4 is 27.4 Å². The van der Waals surface area contributed by atoms with Crippen LogP contribution in [0.1, 0.15) is 30.7 Å². The van der Waals surface area contributed by atoms with E-state index in [9.17, 15) is 14.8 Å². The number of phenols is 1. The molecule has 1 aliphatic heterocycles. The molecule has 2 N–H and O–H groups in total. The molecule has 0 aliphatic carbocycles. The molecule has 0 radical (unpaired) electrons. The zero-order valence-electron chi connectivity index (χ0n) is 20.0. The van der Waals surface area contributed by atoms with Crippen molar-refractivity contribution in [2.45, 2.75) is 32.9 Å². The molecule has 1 fully saturated rings. The molecule has 8 heteroatoms. The quantitative estimate of drug-likeness (QED) is 0.399. The van der Waals surface area contributed by atoms with Crippen molar-refractivity contribution in [2.24, 2.45) is 0 Å². The maximum Gasteiger partial charge on any atom is 0.157 e. The number of aryl methyl sites for hydroxylation is 1. The van der Waals surface area contributed by atoms with Crippen LogP contribution in [0.4, 0.5) is 14.6 Å². The molecule has 180 valence electrons. The Morgan fingerprint density at radius 3 is 2.56 bits per heavy atom. The highest BCUT2D eigenvalue weighted by atomic mass is 19.1. The molecule has 1 aliphatic rings. The monoisotopic (exact) mass is 483 g/mol. The summed E-state index contributed by atoms with van der Waals surface area (Å²) >= 11 is 0. The van der Waals surface area contributed by atoms with E-state index in [1.807, 2.05) is 4.90 Å². The summed E-state index contributed by atoms with van der Waals surface area (Å²) in [5.41, 5.74) is 0.511. The Kier molecular flexibility index (Phi) is 5.70. The molecule has 2 unspecified atom stereocenters. The third-order valence-electron chi connectivity index (χ3n) is 6.62. The van der Waals surface area contributed by atoms with E-state index in [1.165, 1.54) is 30.5 Å². The van der Waals surface area contributed by atoms with Gasteiger partial charge in [0.2, 0.25) is 0 Å². The lowest BCUT2D eigenvalue weighted by atomic mass is 9.94. The second-order valence-electron chi connectivity index (χ2n) is 9.26. The Morgan fingerprint density at radius 1 is 1.17 bits per heavy atom. The third-order valence-corrected chi connectivity index (χ3v) is 6.62. The van der Waals surface area contributed by atoms with Crippen molar-refractivity contribution in [2.75, 3.05) is 18.0 Å². The van der Waals surface area contributed by atoms with Gasteiger partial charge in [-0.2, -0.15) is 5.26 Å². The minimum atomic E-state index is -0.694. The molecule has 0 spiro atoms. The molecule has 6 nitrogen and oxygen atoms in total. The van der Waals surface area contributed by atoms with Crippen LogP contribution in [0.15, 0.2) is 30.5 Å². The summed E-state index contributed by atoms with van der Waals surface area (Å²) in [6.07, 6.45) is 7.12. The van der Waals surface area contributed by atoms with Gasteiger partial charge in [-0.3, -0.25) is 4.98 Å². The fraction of sp³-hybridized carbons (Fsp3) is 0.250. The van der Waals surface area contributed by atoms with E-state index >= 15 is 4.39 Å². The molecule has 2 aromatic carbocycles. The zero-order chi connectivity index (χ0) is 25.7. The average molecular weight is 484 g/mol. The number of benzene rings is 2. The number of nitriles is 1. The van der Waals surface area contributed by atoms with Gasteiger partial charge in [-0.25, -0.2) is 13.8 Å². The first-order valence-corrected chi connectivity index (χ1v) is 11.6. The molecule has 5 rings (SSSR count). The Morgan fingerprint density at radius 2 is 1.89 bits per heavy atom. The number of hydrogen-bond acceptors (Lipinski definition) is 6. The Hall–Kier alpha value is -4.27. The smallest absolute Gasteiger partial charge is 0.157 e. The minimum absolute atomic E-state index is 0.0440. The molecule has 0 saturated carbocycles. The summed E-state index contributed by atoms with van der Waals surface area (Å²) < 4.78 is 31.0. The van der Waals surface area contributed by atoms with Crippen LogP contribution in [-0.4, -0.2) is 40.2 Å². The van der Waals surface area contributed by atoms with Crippen LogP contribution < -0.4 is 10.2 Å². The molecule has 0 bridgehead atoms. The summed E-state index contributed by atoms with van der Waals surface area (Å²) in [5, 5.41) is 25.0. The van der Waals surface area contributed by atoms with Crippen molar-refractivity contribution in [1.29, 1.82) is 5.26 Å². The second kappa shape index (κ2) is 8.75. The van der Waals surface area contributed by atoms with E-state index in [1.54, 1.807) is 6.92 Å². The van der Waals surface area contributed by atoms with Crippen molar-refractivity contribution in [1.82, 2.24) is 15.3 Å². The van der Waals surface area contributed by atoms with Gasteiger partial charge >= 0.3 is 0 Å². The van der Waals surface area contributed by atoms with E-state index in [2.05, 4.69) is 41.1 Å². The summed E-state index contributed by atoms with van der Waals surface area (Å²) in [4.78, 5) is 11.0. The summed E-state index contributed by atoms with van der Waals surface area (Å²) in [7, 11) is 0. The number of aromatic nitrogens is 2. The molecular formula is C28H23F2N5O. The van der Waals surface area contributed by atoms with Gasteiger partial charge in [0.15, 0.2) is 5.82 Å². The number of aromatic hydroxyl groups is 1. The number of fused-ring (bicyclic) bond motifs is 2. The topological polar surface area (TPSA) is 85.1 Å². The molecule has 2 aromatic heterocycles. The highest BCUT2D eigenvalue weighted by Gasteiger charge is 2.27. The van der Waals surface area contributed by atoms with Crippen molar-refractivity contribution in [3.8, 4) is 35.4 Å². The number of nitrogens with zero attached hydrogens (tertiary/aromatic N) is 4. The third kappa shape index (κ3) is 3.67. The Bertz CT molecular complexity index is 1630. The number of anilines is 1. The molecule has 2 atom stereocenters. The van der Waals surface area contributed by atoms with Gasteiger partial charge in [-0.15, -0.1) is 6.42 Å². The van der Waals surface area contributed by atoms with Gasteiger partial charge in [0.05, 0.1) is 5.56 Å². The number of halogens is 2. The van der Waals surface area contributed by atoms with Crippen LogP contribution >= 0.6 is 0 Å². The average Bonchev–Trinajstić information content (AvgIpc) is 2.83. The number of nitrogens with one attached hydrogen (secondary N) is 1. The maximum atomic E-state index is 16.4. The van der Waals surface area contributed by atoms with E-state index in [0.29, 0.717) is 35.2 Å². The molecule has 1 saturated heterocycles. The normalized spacial score (nSPS) is 17.8. The lowest BCUT2D eigenvalue weighted by Gasteiger charge is -2.37. The minimum Gasteiger partial charge on any atom is -0.508 e. The van der Waals surface area contributed by atoms with Gasteiger partial charge in [0.25, 0.3) is 0 Å². The van der Waals surface area contributed by atoms with Gasteiger partial charge in [-0.05, 0) is 49.9 Å². The maximum absolute atomic E-state index is 16.4. The van der Waals surface area contributed by atoms with E-state index in [-0.39, 0.29) is 51.1 Å². The number of phenolic OH excluding ortho intramolecular Hbond substituents is 1. The lowest BCUT2D eigenvalue weighted by Crippen LogP contribution is -2.54. The molecular weight excluding hydrogens is 460 g/mol. The van der Waals surface area contributed by atoms with Gasteiger partial charge in [-0.1, -0.05) is 12.0 Å². The molecule has 36 heavy (non-hydrogen) atoms. The molecule has 4 aromatic rings. The largest absolute Gasteiger partial charge is 0.508 e. The predicted octanol–water partition coefficient (Wildman–Crippen LogP) is 4.78. The van der Waals surface area contributed by atoms with E-state index in [4.69, 9.17) is 6.42 Å².